The Hall–Kier alpha value is -1.46. The maximum atomic E-state index is 10.0. The minimum absolute atomic E-state index is 0.490. The normalized spacial score (nSPS) is 12.3. The van der Waals surface area contributed by atoms with E-state index in [2.05, 4.69) is 22.4 Å². The predicted molar refractivity (Wildman–Crippen MR) is 78.7 cm³/mol. The fourth-order valence-electron chi connectivity index (χ4n) is 1.78. The maximum absolute atomic E-state index is 10.0. The number of hydrogen-bond donors (Lipinski definition) is 2. The standard InChI is InChI=1S/C14H19N3OS/c1-2-3-5-10-12(18)13-16-17-14(19-13)15-11-8-6-4-7-9-11/h4,6-9,12,18H,2-3,5,10H2,1H3,(H,15,17). The van der Waals surface area contributed by atoms with Gasteiger partial charge in [-0.3, -0.25) is 0 Å². The van der Waals surface area contributed by atoms with Crippen molar-refractivity contribution in [3.05, 3.63) is 35.3 Å². The van der Waals surface area contributed by atoms with Crippen molar-refractivity contribution in [1.82, 2.24) is 10.2 Å². The average Bonchev–Trinajstić information content (AvgIpc) is 2.89. The first kappa shape index (κ1) is 14.0. The number of para-hydroxylation sites is 1. The number of unbranched alkanes of at least 4 members (excludes halogenated alkanes) is 2. The molecule has 0 fully saturated rings. The summed E-state index contributed by atoms with van der Waals surface area (Å²) < 4.78 is 0. The first-order valence-corrected chi connectivity index (χ1v) is 7.44. The fraction of sp³-hybridized carbons (Fsp3) is 0.429. The molecule has 2 rings (SSSR count). The van der Waals surface area contributed by atoms with Gasteiger partial charge in [0.2, 0.25) is 5.13 Å². The molecule has 0 aliphatic heterocycles. The highest BCUT2D eigenvalue weighted by molar-refractivity contribution is 7.15. The van der Waals surface area contributed by atoms with Gasteiger partial charge >= 0.3 is 0 Å². The number of hydrogen-bond acceptors (Lipinski definition) is 5. The van der Waals surface area contributed by atoms with E-state index in [-0.39, 0.29) is 0 Å². The van der Waals surface area contributed by atoms with Gasteiger partial charge in [0.25, 0.3) is 0 Å². The topological polar surface area (TPSA) is 58.0 Å². The van der Waals surface area contributed by atoms with Crippen molar-refractivity contribution in [3.63, 3.8) is 0 Å². The second-order valence-electron chi connectivity index (χ2n) is 4.45. The van der Waals surface area contributed by atoms with Gasteiger partial charge in [-0.15, -0.1) is 10.2 Å². The zero-order valence-corrected chi connectivity index (χ0v) is 11.9. The van der Waals surface area contributed by atoms with Crippen LogP contribution >= 0.6 is 11.3 Å². The lowest BCUT2D eigenvalue weighted by molar-refractivity contribution is 0.162. The smallest absolute Gasteiger partial charge is 0.210 e. The Morgan fingerprint density at radius 3 is 2.74 bits per heavy atom. The summed E-state index contributed by atoms with van der Waals surface area (Å²) in [6, 6.07) is 9.83. The highest BCUT2D eigenvalue weighted by Crippen LogP contribution is 2.27. The summed E-state index contributed by atoms with van der Waals surface area (Å²) in [7, 11) is 0. The van der Waals surface area contributed by atoms with Crippen LogP contribution in [0.4, 0.5) is 10.8 Å². The van der Waals surface area contributed by atoms with Gasteiger partial charge in [-0.2, -0.15) is 0 Å². The molecule has 1 heterocycles. The number of rotatable bonds is 7. The molecule has 0 amide bonds. The van der Waals surface area contributed by atoms with E-state index in [0.717, 1.165) is 36.5 Å². The van der Waals surface area contributed by atoms with Crippen LogP contribution in [0.15, 0.2) is 30.3 Å². The number of anilines is 2. The summed E-state index contributed by atoms with van der Waals surface area (Å²) in [4.78, 5) is 0. The van der Waals surface area contributed by atoms with E-state index in [1.54, 1.807) is 0 Å². The van der Waals surface area contributed by atoms with Crippen LogP contribution in [0.5, 0.6) is 0 Å². The van der Waals surface area contributed by atoms with Gasteiger partial charge in [-0.25, -0.2) is 0 Å². The Balaban J connectivity index is 1.91. The van der Waals surface area contributed by atoms with Crippen molar-refractivity contribution in [2.24, 2.45) is 0 Å². The monoisotopic (exact) mass is 277 g/mol. The van der Waals surface area contributed by atoms with Gasteiger partial charge in [-0.1, -0.05) is 55.7 Å². The second-order valence-corrected chi connectivity index (χ2v) is 5.46. The van der Waals surface area contributed by atoms with Crippen LogP contribution in [0, 0.1) is 0 Å². The van der Waals surface area contributed by atoms with Crippen molar-refractivity contribution >= 4 is 22.2 Å². The van der Waals surface area contributed by atoms with Crippen molar-refractivity contribution in [3.8, 4) is 0 Å². The zero-order chi connectivity index (χ0) is 13.5. The Morgan fingerprint density at radius 1 is 1.21 bits per heavy atom. The maximum Gasteiger partial charge on any atom is 0.210 e. The number of benzene rings is 1. The molecule has 0 saturated heterocycles. The van der Waals surface area contributed by atoms with E-state index < -0.39 is 6.10 Å². The van der Waals surface area contributed by atoms with Gasteiger partial charge in [0, 0.05) is 5.69 Å². The van der Waals surface area contributed by atoms with Gasteiger partial charge in [0.1, 0.15) is 11.1 Å². The first-order chi connectivity index (χ1) is 9.29. The average molecular weight is 277 g/mol. The highest BCUT2D eigenvalue weighted by Gasteiger charge is 2.13. The van der Waals surface area contributed by atoms with Crippen molar-refractivity contribution in [1.29, 1.82) is 0 Å². The summed E-state index contributed by atoms with van der Waals surface area (Å²) in [5.74, 6) is 0. The Kier molecular flexibility index (Phi) is 5.30. The molecule has 1 aromatic carbocycles. The summed E-state index contributed by atoms with van der Waals surface area (Å²) in [6.07, 6.45) is 3.59. The molecule has 5 heteroatoms. The van der Waals surface area contributed by atoms with E-state index in [1.807, 2.05) is 30.3 Å². The van der Waals surface area contributed by atoms with Crippen LogP contribution in [0.2, 0.25) is 0 Å². The van der Waals surface area contributed by atoms with Gasteiger partial charge in [-0.05, 0) is 18.6 Å². The molecule has 0 aliphatic carbocycles. The van der Waals surface area contributed by atoms with E-state index in [9.17, 15) is 5.11 Å². The van der Waals surface area contributed by atoms with Gasteiger partial charge in [0.05, 0.1) is 0 Å². The molecule has 19 heavy (non-hydrogen) atoms. The summed E-state index contributed by atoms with van der Waals surface area (Å²) >= 11 is 1.41. The van der Waals surface area contributed by atoms with Crippen LogP contribution in [0.25, 0.3) is 0 Å². The van der Waals surface area contributed by atoms with Gasteiger partial charge < -0.3 is 10.4 Å². The van der Waals surface area contributed by atoms with Crippen LogP contribution < -0.4 is 5.32 Å². The van der Waals surface area contributed by atoms with Crippen LogP contribution in [0.3, 0.4) is 0 Å². The third-order valence-corrected chi connectivity index (χ3v) is 3.77. The largest absolute Gasteiger partial charge is 0.386 e. The molecule has 102 valence electrons. The Bertz CT molecular complexity index is 486. The summed E-state index contributed by atoms with van der Waals surface area (Å²) in [5, 5.41) is 22.7. The van der Waals surface area contributed by atoms with E-state index >= 15 is 0 Å². The van der Waals surface area contributed by atoms with Crippen molar-refractivity contribution in [2.75, 3.05) is 5.32 Å². The molecule has 1 unspecified atom stereocenters. The minimum atomic E-state index is -0.490. The third kappa shape index (κ3) is 4.29. The lowest BCUT2D eigenvalue weighted by atomic mass is 10.1. The number of aromatic nitrogens is 2. The fourth-order valence-corrected chi connectivity index (χ4v) is 2.56. The molecular formula is C14H19N3OS. The van der Waals surface area contributed by atoms with E-state index in [1.165, 1.54) is 11.3 Å². The SMILES string of the molecule is CCCCCC(O)c1nnc(Nc2ccccc2)s1. The quantitative estimate of drug-likeness (QED) is 0.754. The minimum Gasteiger partial charge on any atom is -0.386 e. The first-order valence-electron chi connectivity index (χ1n) is 6.63. The molecule has 2 aromatic rings. The lowest BCUT2D eigenvalue weighted by Gasteiger charge is -2.05. The Morgan fingerprint density at radius 2 is 2.00 bits per heavy atom. The molecule has 0 bridgehead atoms. The zero-order valence-electron chi connectivity index (χ0n) is 11.0. The molecule has 4 nitrogen and oxygen atoms in total. The Labute approximate surface area is 117 Å². The van der Waals surface area contributed by atoms with E-state index in [4.69, 9.17) is 0 Å². The molecule has 2 N–H and O–H groups in total. The third-order valence-electron chi connectivity index (χ3n) is 2.83. The van der Waals surface area contributed by atoms with E-state index in [0.29, 0.717) is 5.01 Å². The molecular weight excluding hydrogens is 258 g/mol. The molecule has 0 saturated carbocycles. The lowest BCUT2D eigenvalue weighted by Crippen LogP contribution is -1.96. The summed E-state index contributed by atoms with van der Waals surface area (Å²) in [6.45, 7) is 2.15. The molecule has 0 spiro atoms. The highest BCUT2D eigenvalue weighted by atomic mass is 32.1. The van der Waals surface area contributed by atoms with Gasteiger partial charge in [0.15, 0.2) is 0 Å². The number of aliphatic hydroxyl groups is 1. The van der Waals surface area contributed by atoms with Crippen molar-refractivity contribution < 1.29 is 5.11 Å². The van der Waals surface area contributed by atoms with Crippen LogP contribution in [0.1, 0.15) is 43.7 Å². The van der Waals surface area contributed by atoms with Crippen LogP contribution in [-0.2, 0) is 0 Å². The molecule has 1 atom stereocenters. The molecule has 0 radical (unpaired) electrons. The predicted octanol–water partition coefficient (Wildman–Crippen LogP) is 3.90. The van der Waals surface area contributed by atoms with Crippen molar-refractivity contribution in [2.45, 2.75) is 38.7 Å². The number of nitrogens with one attached hydrogen (secondary N) is 1. The molecule has 0 aliphatic rings. The second kappa shape index (κ2) is 7.21. The summed E-state index contributed by atoms with van der Waals surface area (Å²) in [5.41, 5.74) is 0.977. The number of nitrogens with zero attached hydrogens (tertiary/aromatic N) is 2. The molecule has 1 aromatic heterocycles. The van der Waals surface area contributed by atoms with Crippen LogP contribution in [-0.4, -0.2) is 15.3 Å². The number of aliphatic hydroxyl groups excluding tert-OH is 1.